The van der Waals surface area contributed by atoms with Crippen LogP contribution in [0.2, 0.25) is 5.02 Å². The van der Waals surface area contributed by atoms with Crippen LogP contribution >= 0.6 is 11.6 Å². The number of benzene rings is 2. The van der Waals surface area contributed by atoms with Gasteiger partial charge in [-0.15, -0.1) is 0 Å². The number of rotatable bonds is 8. The van der Waals surface area contributed by atoms with E-state index in [1.54, 1.807) is 19.2 Å². The topological polar surface area (TPSA) is 93.7 Å². The number of carbonyl (C=O) groups is 1. The van der Waals surface area contributed by atoms with Gasteiger partial charge in [0.05, 0.1) is 20.3 Å². The van der Waals surface area contributed by atoms with Gasteiger partial charge in [-0.25, -0.2) is 8.42 Å². The molecule has 1 atom stereocenters. The molecular weight excluding hydrogens is 392 g/mol. The van der Waals surface area contributed by atoms with Crippen molar-refractivity contribution in [1.29, 1.82) is 0 Å². The molecule has 2 aromatic rings. The van der Waals surface area contributed by atoms with Crippen molar-refractivity contribution in [2.24, 2.45) is 0 Å². The minimum Gasteiger partial charge on any atom is -0.497 e. The number of nitrogens with one attached hydrogen (secondary N) is 2. The number of hydrogen-bond acceptors (Lipinski definition) is 5. The molecule has 1 amide bonds. The lowest BCUT2D eigenvalue weighted by Crippen LogP contribution is -2.44. The summed E-state index contributed by atoms with van der Waals surface area (Å²) in [5.74, 6) is 0.384. The standard InChI is InChI=1S/C18H21ClN2O5S/c1-12(18(22)20-11-13-4-7-15(25-2)8-5-13)21-27(23,24)17-10-14(19)6-9-16(17)26-3/h4-10,12,21H,11H2,1-3H3,(H,20,22). The zero-order chi connectivity index (χ0) is 20.0. The summed E-state index contributed by atoms with van der Waals surface area (Å²) in [6.45, 7) is 1.72. The molecule has 0 spiro atoms. The molecule has 0 bridgehead atoms. The Morgan fingerprint density at radius 3 is 2.37 bits per heavy atom. The molecule has 0 aromatic heterocycles. The maximum Gasteiger partial charge on any atom is 0.245 e. The number of methoxy groups -OCH3 is 2. The Bertz CT molecular complexity index is 900. The van der Waals surface area contributed by atoms with E-state index in [1.807, 2.05) is 12.1 Å². The Morgan fingerprint density at radius 2 is 1.78 bits per heavy atom. The lowest BCUT2D eigenvalue weighted by atomic mass is 10.2. The largest absolute Gasteiger partial charge is 0.497 e. The normalized spacial score (nSPS) is 12.3. The number of sulfonamides is 1. The summed E-state index contributed by atoms with van der Waals surface area (Å²) in [5.41, 5.74) is 0.857. The Labute approximate surface area is 163 Å². The van der Waals surface area contributed by atoms with Gasteiger partial charge >= 0.3 is 0 Å². The molecule has 2 rings (SSSR count). The van der Waals surface area contributed by atoms with E-state index in [2.05, 4.69) is 10.0 Å². The summed E-state index contributed by atoms with van der Waals surface area (Å²) in [5, 5.41) is 2.93. The molecule has 9 heteroatoms. The van der Waals surface area contributed by atoms with Crippen molar-refractivity contribution >= 4 is 27.5 Å². The molecule has 2 N–H and O–H groups in total. The third-order valence-corrected chi connectivity index (χ3v) is 5.56. The first-order valence-electron chi connectivity index (χ1n) is 8.03. The number of amides is 1. The summed E-state index contributed by atoms with van der Waals surface area (Å²) in [4.78, 5) is 12.1. The summed E-state index contributed by atoms with van der Waals surface area (Å²) in [6, 6.07) is 10.4. The Balaban J connectivity index is 2.03. The highest BCUT2D eigenvalue weighted by Crippen LogP contribution is 2.27. The number of ether oxygens (including phenoxy) is 2. The van der Waals surface area contributed by atoms with Crippen LogP contribution in [0.15, 0.2) is 47.4 Å². The van der Waals surface area contributed by atoms with Crippen molar-refractivity contribution in [2.45, 2.75) is 24.4 Å². The first kappa shape index (κ1) is 21.0. The van der Waals surface area contributed by atoms with Crippen LogP contribution in [0.25, 0.3) is 0 Å². The van der Waals surface area contributed by atoms with Crippen LogP contribution in [-0.4, -0.2) is 34.6 Å². The second-order valence-electron chi connectivity index (χ2n) is 5.70. The van der Waals surface area contributed by atoms with Crippen molar-refractivity contribution in [2.75, 3.05) is 14.2 Å². The van der Waals surface area contributed by atoms with Gasteiger partial charge in [0.25, 0.3) is 0 Å². The van der Waals surface area contributed by atoms with Gasteiger partial charge in [0.2, 0.25) is 15.9 Å². The maximum absolute atomic E-state index is 12.6. The predicted octanol–water partition coefficient (Wildman–Crippen LogP) is 2.34. The molecule has 27 heavy (non-hydrogen) atoms. The van der Waals surface area contributed by atoms with Crippen molar-refractivity contribution in [1.82, 2.24) is 10.0 Å². The Hall–Kier alpha value is -2.29. The van der Waals surface area contributed by atoms with Crippen molar-refractivity contribution < 1.29 is 22.7 Å². The molecule has 1 unspecified atom stereocenters. The van der Waals surface area contributed by atoms with Gasteiger partial charge in [-0.2, -0.15) is 4.72 Å². The van der Waals surface area contributed by atoms with Crippen LogP contribution in [0.1, 0.15) is 12.5 Å². The van der Waals surface area contributed by atoms with E-state index in [1.165, 1.54) is 32.2 Å². The van der Waals surface area contributed by atoms with E-state index in [0.717, 1.165) is 5.56 Å². The molecule has 7 nitrogen and oxygen atoms in total. The SMILES string of the molecule is COc1ccc(CNC(=O)C(C)NS(=O)(=O)c2cc(Cl)ccc2OC)cc1. The first-order chi connectivity index (χ1) is 12.8. The van der Waals surface area contributed by atoms with E-state index in [9.17, 15) is 13.2 Å². The number of hydrogen-bond donors (Lipinski definition) is 2. The van der Waals surface area contributed by atoms with Crippen molar-refractivity contribution in [3.63, 3.8) is 0 Å². The van der Waals surface area contributed by atoms with E-state index in [4.69, 9.17) is 21.1 Å². The highest BCUT2D eigenvalue weighted by atomic mass is 35.5. The fourth-order valence-corrected chi connectivity index (χ4v) is 3.93. The Kier molecular flexibility index (Phi) is 7.06. The molecule has 0 fully saturated rings. The molecule has 0 aliphatic carbocycles. The number of carbonyl (C=O) groups excluding carboxylic acids is 1. The average molecular weight is 413 g/mol. The molecule has 0 saturated heterocycles. The van der Waals surface area contributed by atoms with Crippen LogP contribution in [0, 0.1) is 0 Å². The quantitative estimate of drug-likeness (QED) is 0.694. The van der Waals surface area contributed by atoms with Gasteiger partial charge in [-0.1, -0.05) is 23.7 Å². The maximum atomic E-state index is 12.6. The minimum absolute atomic E-state index is 0.132. The Morgan fingerprint density at radius 1 is 1.11 bits per heavy atom. The molecule has 2 aromatic carbocycles. The fourth-order valence-electron chi connectivity index (χ4n) is 2.30. The zero-order valence-corrected chi connectivity index (χ0v) is 16.7. The van der Waals surface area contributed by atoms with Crippen LogP contribution in [-0.2, 0) is 21.4 Å². The summed E-state index contributed by atoms with van der Waals surface area (Å²) >= 11 is 5.88. The van der Waals surface area contributed by atoms with Crippen LogP contribution in [0.3, 0.4) is 0 Å². The average Bonchev–Trinajstić information content (AvgIpc) is 2.66. The smallest absolute Gasteiger partial charge is 0.245 e. The lowest BCUT2D eigenvalue weighted by Gasteiger charge is -2.16. The third kappa shape index (κ3) is 5.59. The monoisotopic (exact) mass is 412 g/mol. The zero-order valence-electron chi connectivity index (χ0n) is 15.2. The van der Waals surface area contributed by atoms with E-state index < -0.39 is 22.0 Å². The third-order valence-electron chi connectivity index (χ3n) is 3.77. The van der Waals surface area contributed by atoms with Gasteiger partial charge in [-0.3, -0.25) is 4.79 Å². The molecular formula is C18H21ClN2O5S. The fraction of sp³-hybridized carbons (Fsp3) is 0.278. The van der Waals surface area contributed by atoms with Crippen molar-refractivity contribution in [3.8, 4) is 11.5 Å². The van der Waals surface area contributed by atoms with Crippen LogP contribution in [0.4, 0.5) is 0 Å². The van der Waals surface area contributed by atoms with Gasteiger partial charge in [0.1, 0.15) is 16.4 Å². The highest BCUT2D eigenvalue weighted by molar-refractivity contribution is 7.89. The van der Waals surface area contributed by atoms with Gasteiger partial charge < -0.3 is 14.8 Å². The molecule has 0 aliphatic rings. The second-order valence-corrected chi connectivity index (χ2v) is 7.82. The van der Waals surface area contributed by atoms with Crippen LogP contribution in [0.5, 0.6) is 11.5 Å². The van der Waals surface area contributed by atoms with E-state index in [-0.39, 0.29) is 22.2 Å². The first-order valence-corrected chi connectivity index (χ1v) is 9.89. The van der Waals surface area contributed by atoms with Crippen molar-refractivity contribution in [3.05, 3.63) is 53.1 Å². The summed E-state index contributed by atoms with van der Waals surface area (Å²) in [7, 11) is -1.08. The minimum atomic E-state index is -4.00. The highest BCUT2D eigenvalue weighted by Gasteiger charge is 2.25. The van der Waals surface area contributed by atoms with Crippen LogP contribution < -0.4 is 19.5 Å². The summed E-state index contributed by atoms with van der Waals surface area (Å²) in [6.07, 6.45) is 0. The predicted molar refractivity (Wildman–Crippen MR) is 103 cm³/mol. The molecule has 0 aliphatic heterocycles. The number of halogens is 1. The molecule has 0 heterocycles. The summed E-state index contributed by atoms with van der Waals surface area (Å²) < 4.78 is 37.6. The van der Waals surface area contributed by atoms with E-state index >= 15 is 0 Å². The molecule has 146 valence electrons. The lowest BCUT2D eigenvalue weighted by molar-refractivity contribution is -0.122. The van der Waals surface area contributed by atoms with Gasteiger partial charge in [0.15, 0.2) is 0 Å². The molecule has 0 saturated carbocycles. The molecule has 0 radical (unpaired) electrons. The second kappa shape index (κ2) is 9.07. The van der Waals surface area contributed by atoms with E-state index in [0.29, 0.717) is 5.75 Å². The van der Waals surface area contributed by atoms with Gasteiger partial charge in [-0.05, 0) is 42.8 Å². The van der Waals surface area contributed by atoms with Gasteiger partial charge in [0, 0.05) is 11.6 Å².